The molecule has 3 atom stereocenters. The first-order valence-electron chi connectivity index (χ1n) is 9.97. The lowest BCUT2D eigenvalue weighted by Gasteiger charge is -2.20. The quantitative estimate of drug-likeness (QED) is 0.647. The van der Waals surface area contributed by atoms with Gasteiger partial charge in [0.15, 0.2) is 5.96 Å². The number of alkyl carbamates (subject to hydrolysis) is 1. The van der Waals surface area contributed by atoms with Gasteiger partial charge in [-0.1, -0.05) is 0 Å². The van der Waals surface area contributed by atoms with Gasteiger partial charge >= 0.3 is 6.09 Å². The Balaban J connectivity index is 1.47. The zero-order chi connectivity index (χ0) is 21.0. The molecule has 1 saturated carbocycles. The van der Waals surface area contributed by atoms with Crippen molar-refractivity contribution in [3.05, 3.63) is 17.5 Å². The Morgan fingerprint density at radius 2 is 2.17 bits per heavy atom. The van der Waals surface area contributed by atoms with Crippen LogP contribution in [-0.2, 0) is 23.1 Å². The van der Waals surface area contributed by atoms with E-state index in [-0.39, 0.29) is 30.2 Å². The van der Waals surface area contributed by atoms with Crippen LogP contribution in [0.3, 0.4) is 0 Å². The summed E-state index contributed by atoms with van der Waals surface area (Å²) in [5.41, 5.74) is 1.13. The van der Waals surface area contributed by atoms with E-state index in [2.05, 4.69) is 26.0 Å². The van der Waals surface area contributed by atoms with Crippen molar-refractivity contribution < 1.29 is 19.1 Å². The van der Waals surface area contributed by atoms with E-state index < -0.39 is 0 Å². The highest BCUT2D eigenvalue weighted by molar-refractivity contribution is 6.05. The van der Waals surface area contributed by atoms with E-state index in [1.165, 1.54) is 4.68 Å². The number of ether oxygens (including phenoxy) is 2. The molecule has 0 bridgehead atoms. The van der Waals surface area contributed by atoms with Gasteiger partial charge in [0.1, 0.15) is 11.8 Å². The second-order valence-electron chi connectivity index (χ2n) is 7.87. The number of aromatic nitrogens is 2. The Morgan fingerprint density at radius 3 is 2.90 bits per heavy atom. The van der Waals surface area contributed by atoms with Crippen molar-refractivity contribution in [1.82, 2.24) is 25.7 Å². The molecule has 3 rings (SSSR count). The molecule has 0 saturated heterocycles. The van der Waals surface area contributed by atoms with Crippen LogP contribution in [0.15, 0.2) is 11.1 Å². The number of hydrogen-bond acceptors (Lipinski definition) is 7. The smallest absolute Gasteiger partial charge is 0.407 e. The molecule has 2 aliphatic rings. The number of nitrogens with zero attached hydrogens (tertiary/aromatic N) is 3. The Bertz CT molecular complexity index is 775. The molecule has 1 aromatic heterocycles. The number of guanidine groups is 1. The Kier molecular flexibility index (Phi) is 6.73. The monoisotopic (exact) mass is 406 g/mol. The number of hydrogen-bond donors (Lipinski definition) is 3. The molecule has 0 spiro atoms. The normalized spacial score (nSPS) is 23.6. The summed E-state index contributed by atoms with van der Waals surface area (Å²) in [5.74, 6) is 0.540. The van der Waals surface area contributed by atoms with Crippen LogP contribution in [0.1, 0.15) is 49.3 Å². The van der Waals surface area contributed by atoms with E-state index in [4.69, 9.17) is 9.47 Å². The summed E-state index contributed by atoms with van der Waals surface area (Å²) >= 11 is 0. The minimum absolute atomic E-state index is 0.0563. The molecule has 10 nitrogen and oxygen atoms in total. The third-order valence-electron chi connectivity index (χ3n) is 5.13. The third-order valence-corrected chi connectivity index (χ3v) is 5.13. The third kappa shape index (κ3) is 5.47. The van der Waals surface area contributed by atoms with Crippen LogP contribution in [0.25, 0.3) is 0 Å². The standard InChI is InChI=1S/C19H30N6O4/c1-11(2)21-19(27)29-14-6-5-12(7-14)15-9-20-18(22-15)23-17(26)16-8-13(10-28-4)24-25(16)3/h8,11-12,14-15H,5-7,9-10H2,1-4H3,(H,21,27)(H2,20,22,23,26)/t12-,14+,15?/m0/s1. The van der Waals surface area contributed by atoms with E-state index in [9.17, 15) is 9.59 Å². The predicted molar refractivity (Wildman–Crippen MR) is 106 cm³/mol. The molecule has 10 heteroatoms. The average Bonchev–Trinajstić information content (AvgIpc) is 3.35. The fourth-order valence-corrected chi connectivity index (χ4v) is 3.80. The summed E-state index contributed by atoms with van der Waals surface area (Å²) in [6.45, 7) is 4.74. The van der Waals surface area contributed by atoms with Gasteiger partial charge in [-0.3, -0.25) is 19.8 Å². The molecule has 2 heterocycles. The topological polar surface area (TPSA) is 119 Å². The van der Waals surface area contributed by atoms with Gasteiger partial charge in [0.05, 0.1) is 24.9 Å². The molecule has 1 aromatic rings. The predicted octanol–water partition coefficient (Wildman–Crippen LogP) is 0.927. The van der Waals surface area contributed by atoms with Crippen LogP contribution in [0.4, 0.5) is 4.79 Å². The second kappa shape index (κ2) is 9.25. The van der Waals surface area contributed by atoms with E-state index in [0.717, 1.165) is 19.3 Å². The molecule has 1 aliphatic carbocycles. The summed E-state index contributed by atoms with van der Waals surface area (Å²) in [4.78, 5) is 28.7. The van der Waals surface area contributed by atoms with Gasteiger partial charge in [0.2, 0.25) is 0 Å². The van der Waals surface area contributed by atoms with Crippen molar-refractivity contribution >= 4 is 18.0 Å². The van der Waals surface area contributed by atoms with Gasteiger partial charge < -0.3 is 20.1 Å². The second-order valence-corrected chi connectivity index (χ2v) is 7.87. The van der Waals surface area contributed by atoms with Gasteiger partial charge in [0.25, 0.3) is 5.91 Å². The average molecular weight is 406 g/mol. The molecular weight excluding hydrogens is 376 g/mol. The number of aliphatic imine (C=N–C) groups is 1. The Hall–Kier alpha value is -2.62. The molecule has 3 N–H and O–H groups in total. The molecule has 0 radical (unpaired) electrons. The van der Waals surface area contributed by atoms with Gasteiger partial charge in [-0.25, -0.2) is 4.79 Å². The molecular formula is C19H30N6O4. The maximum absolute atomic E-state index is 12.5. The summed E-state index contributed by atoms with van der Waals surface area (Å²) in [6.07, 6.45) is 2.15. The molecule has 160 valence electrons. The highest BCUT2D eigenvalue weighted by Gasteiger charge is 2.35. The molecule has 29 heavy (non-hydrogen) atoms. The van der Waals surface area contributed by atoms with E-state index in [1.54, 1.807) is 20.2 Å². The van der Waals surface area contributed by atoms with Gasteiger partial charge in [-0.05, 0) is 45.1 Å². The molecule has 1 fully saturated rings. The number of aryl methyl sites for hydroxylation is 1. The fourth-order valence-electron chi connectivity index (χ4n) is 3.80. The zero-order valence-electron chi connectivity index (χ0n) is 17.4. The molecule has 2 amide bonds. The van der Waals surface area contributed by atoms with E-state index in [1.807, 2.05) is 13.8 Å². The summed E-state index contributed by atoms with van der Waals surface area (Å²) in [5, 5.41) is 13.1. The number of rotatable bonds is 6. The first-order chi connectivity index (χ1) is 13.9. The Morgan fingerprint density at radius 1 is 1.38 bits per heavy atom. The molecule has 1 aliphatic heterocycles. The van der Waals surface area contributed by atoms with Gasteiger partial charge in [0, 0.05) is 20.2 Å². The van der Waals surface area contributed by atoms with Crippen molar-refractivity contribution in [2.24, 2.45) is 18.0 Å². The van der Waals surface area contributed by atoms with Crippen molar-refractivity contribution in [2.75, 3.05) is 13.7 Å². The Labute approximate surface area is 170 Å². The maximum atomic E-state index is 12.5. The number of amides is 2. The van der Waals surface area contributed by atoms with Crippen molar-refractivity contribution in [1.29, 1.82) is 0 Å². The summed E-state index contributed by atoms with van der Waals surface area (Å²) in [6, 6.07) is 1.89. The highest BCUT2D eigenvalue weighted by atomic mass is 16.6. The SMILES string of the molecule is COCc1cc(C(=O)NC2=NCC([C@H]3CC[C@@H](OC(=O)NC(C)C)C3)N2)n(C)n1. The lowest BCUT2D eigenvalue weighted by molar-refractivity contribution is 0.0949. The van der Waals surface area contributed by atoms with E-state index in [0.29, 0.717) is 36.4 Å². The lowest BCUT2D eigenvalue weighted by Crippen LogP contribution is -2.44. The van der Waals surface area contributed by atoms with Crippen LogP contribution < -0.4 is 16.0 Å². The number of carbonyl (C=O) groups excluding carboxylic acids is 2. The first kappa shape index (κ1) is 21.1. The molecule has 1 unspecified atom stereocenters. The fraction of sp³-hybridized carbons (Fsp3) is 0.684. The lowest BCUT2D eigenvalue weighted by atomic mass is 9.99. The van der Waals surface area contributed by atoms with Crippen molar-refractivity contribution in [3.8, 4) is 0 Å². The highest BCUT2D eigenvalue weighted by Crippen LogP contribution is 2.31. The maximum Gasteiger partial charge on any atom is 0.407 e. The first-order valence-corrected chi connectivity index (χ1v) is 9.97. The van der Waals surface area contributed by atoms with Crippen molar-refractivity contribution in [3.63, 3.8) is 0 Å². The van der Waals surface area contributed by atoms with Crippen LogP contribution in [0.2, 0.25) is 0 Å². The summed E-state index contributed by atoms with van der Waals surface area (Å²) in [7, 11) is 3.30. The van der Waals surface area contributed by atoms with Crippen LogP contribution in [0.5, 0.6) is 0 Å². The van der Waals surface area contributed by atoms with E-state index >= 15 is 0 Å². The number of methoxy groups -OCH3 is 1. The van der Waals surface area contributed by atoms with Crippen LogP contribution in [-0.4, -0.2) is 59.6 Å². The largest absolute Gasteiger partial charge is 0.446 e. The summed E-state index contributed by atoms with van der Waals surface area (Å²) < 4.78 is 12.1. The van der Waals surface area contributed by atoms with Gasteiger partial charge in [-0.15, -0.1) is 0 Å². The van der Waals surface area contributed by atoms with Crippen LogP contribution in [0, 0.1) is 5.92 Å². The number of carbonyl (C=O) groups is 2. The minimum Gasteiger partial charge on any atom is -0.446 e. The van der Waals surface area contributed by atoms with Crippen LogP contribution >= 0.6 is 0 Å². The van der Waals surface area contributed by atoms with Crippen molar-refractivity contribution in [2.45, 2.75) is 57.9 Å². The zero-order valence-corrected chi connectivity index (χ0v) is 17.4. The molecule has 0 aromatic carbocycles. The van der Waals surface area contributed by atoms with Gasteiger partial charge in [-0.2, -0.15) is 5.10 Å². The number of nitrogens with one attached hydrogen (secondary N) is 3. The minimum atomic E-state index is -0.363.